The molecule has 3 aromatic rings. The zero-order valence-corrected chi connectivity index (χ0v) is 11.9. The second-order valence-electron chi connectivity index (χ2n) is 5.70. The van der Waals surface area contributed by atoms with E-state index in [-0.39, 0.29) is 0 Å². The maximum Gasteiger partial charge on any atom is 0.222 e. The van der Waals surface area contributed by atoms with Crippen LogP contribution < -0.4 is 5.32 Å². The lowest BCUT2D eigenvalue weighted by atomic mass is 10.1. The largest absolute Gasteiger partial charge is 0.364 e. The summed E-state index contributed by atoms with van der Waals surface area (Å²) in [6.07, 6.45) is 7.64. The highest BCUT2D eigenvalue weighted by Crippen LogP contribution is 2.24. The predicted molar refractivity (Wildman–Crippen MR) is 81.2 cm³/mol. The van der Waals surface area contributed by atoms with E-state index in [9.17, 15) is 0 Å². The molecule has 0 aliphatic heterocycles. The Bertz CT molecular complexity index is 757. The first-order chi connectivity index (χ1) is 10.4. The Morgan fingerprint density at radius 2 is 1.86 bits per heavy atom. The molecule has 6 heteroatoms. The highest BCUT2D eigenvalue weighted by molar-refractivity contribution is 5.81. The summed E-state index contributed by atoms with van der Waals surface area (Å²) in [5.41, 5.74) is 2.55. The summed E-state index contributed by atoms with van der Waals surface area (Å²) in [6.45, 7) is 0. The molecule has 0 unspecified atom stereocenters. The van der Waals surface area contributed by atoms with Gasteiger partial charge in [-0.1, -0.05) is 37.8 Å². The number of rotatable bonds is 2. The zero-order chi connectivity index (χ0) is 14.1. The number of para-hydroxylation sites is 2. The van der Waals surface area contributed by atoms with Crippen molar-refractivity contribution < 1.29 is 0 Å². The molecule has 1 N–H and O–H groups in total. The average molecular weight is 282 g/mol. The van der Waals surface area contributed by atoms with Gasteiger partial charge in [-0.3, -0.25) is 0 Å². The molecule has 0 bridgehead atoms. The monoisotopic (exact) mass is 282 g/mol. The van der Waals surface area contributed by atoms with Crippen LogP contribution in [0.4, 0.5) is 5.82 Å². The van der Waals surface area contributed by atoms with Crippen molar-refractivity contribution in [3.63, 3.8) is 0 Å². The third kappa shape index (κ3) is 2.30. The van der Waals surface area contributed by atoms with E-state index in [4.69, 9.17) is 4.98 Å². The SMILES string of the molecule is c1ccc2c(c1)nc(NC1CCCCCC1)c1nnnn12. The Labute approximate surface area is 122 Å². The van der Waals surface area contributed by atoms with Crippen LogP contribution in [-0.4, -0.2) is 31.1 Å². The Balaban J connectivity index is 1.77. The van der Waals surface area contributed by atoms with Gasteiger partial charge >= 0.3 is 0 Å². The van der Waals surface area contributed by atoms with Crippen LogP contribution in [-0.2, 0) is 0 Å². The highest BCUT2D eigenvalue weighted by atomic mass is 15.5. The molecule has 0 atom stereocenters. The minimum atomic E-state index is 0.474. The van der Waals surface area contributed by atoms with E-state index >= 15 is 0 Å². The first-order valence-corrected chi connectivity index (χ1v) is 7.65. The van der Waals surface area contributed by atoms with Crippen LogP contribution in [0.5, 0.6) is 0 Å². The van der Waals surface area contributed by atoms with Crippen LogP contribution in [0.25, 0.3) is 16.7 Å². The quantitative estimate of drug-likeness (QED) is 0.732. The lowest BCUT2D eigenvalue weighted by Crippen LogP contribution is -2.20. The van der Waals surface area contributed by atoms with Crippen molar-refractivity contribution in [2.45, 2.75) is 44.6 Å². The number of anilines is 1. The van der Waals surface area contributed by atoms with E-state index in [1.165, 1.54) is 38.5 Å². The maximum absolute atomic E-state index is 4.73. The van der Waals surface area contributed by atoms with E-state index < -0.39 is 0 Å². The third-order valence-electron chi connectivity index (χ3n) is 4.22. The van der Waals surface area contributed by atoms with Crippen LogP contribution in [0.2, 0.25) is 0 Å². The molecule has 2 heterocycles. The standard InChI is InChI=1S/C15H18N6/c1-2-4-8-11(7-3-1)16-14-15-18-19-20-21(15)13-10-6-5-9-12(13)17-14/h5-6,9-11H,1-4,7-8H2,(H,16,17). The Hall–Kier alpha value is -2.24. The van der Waals surface area contributed by atoms with Crippen molar-refractivity contribution in [2.75, 3.05) is 5.32 Å². The van der Waals surface area contributed by atoms with Crippen molar-refractivity contribution in [3.05, 3.63) is 24.3 Å². The van der Waals surface area contributed by atoms with Crippen molar-refractivity contribution >= 4 is 22.5 Å². The second-order valence-corrected chi connectivity index (χ2v) is 5.70. The van der Waals surface area contributed by atoms with E-state index in [0.29, 0.717) is 11.7 Å². The first kappa shape index (κ1) is 12.5. The van der Waals surface area contributed by atoms with Gasteiger partial charge in [-0.05, 0) is 35.4 Å². The summed E-state index contributed by atoms with van der Waals surface area (Å²) in [5, 5.41) is 15.6. The number of nitrogens with one attached hydrogen (secondary N) is 1. The molecule has 1 saturated carbocycles. The predicted octanol–water partition coefficient (Wildman–Crippen LogP) is 2.81. The Kier molecular flexibility index (Phi) is 3.14. The Morgan fingerprint density at radius 3 is 2.71 bits per heavy atom. The molecule has 6 nitrogen and oxygen atoms in total. The normalized spacial score (nSPS) is 17.1. The minimum absolute atomic E-state index is 0.474. The van der Waals surface area contributed by atoms with E-state index in [1.807, 2.05) is 24.3 Å². The molecule has 2 aromatic heterocycles. The first-order valence-electron chi connectivity index (χ1n) is 7.65. The number of aromatic nitrogens is 5. The van der Waals surface area contributed by atoms with Gasteiger partial charge in [0.25, 0.3) is 0 Å². The van der Waals surface area contributed by atoms with Gasteiger partial charge < -0.3 is 5.32 Å². The molecular formula is C15H18N6. The summed E-state index contributed by atoms with van der Waals surface area (Å²) in [6, 6.07) is 8.42. The molecule has 1 aromatic carbocycles. The van der Waals surface area contributed by atoms with Gasteiger partial charge in [0.1, 0.15) is 0 Å². The fraction of sp³-hybridized carbons (Fsp3) is 0.467. The summed E-state index contributed by atoms with van der Waals surface area (Å²) >= 11 is 0. The molecule has 21 heavy (non-hydrogen) atoms. The number of benzene rings is 1. The molecule has 0 amide bonds. The van der Waals surface area contributed by atoms with Gasteiger partial charge in [-0.2, -0.15) is 4.52 Å². The average Bonchev–Trinajstić information content (AvgIpc) is 2.87. The van der Waals surface area contributed by atoms with Gasteiger partial charge in [0.05, 0.1) is 11.0 Å². The molecule has 1 aliphatic carbocycles. The van der Waals surface area contributed by atoms with E-state index in [1.54, 1.807) is 4.52 Å². The smallest absolute Gasteiger partial charge is 0.222 e. The third-order valence-corrected chi connectivity index (χ3v) is 4.22. The lowest BCUT2D eigenvalue weighted by molar-refractivity contribution is 0.618. The van der Waals surface area contributed by atoms with Crippen LogP contribution in [0.3, 0.4) is 0 Å². The van der Waals surface area contributed by atoms with Crippen molar-refractivity contribution in [3.8, 4) is 0 Å². The molecule has 1 fully saturated rings. The van der Waals surface area contributed by atoms with Crippen molar-refractivity contribution in [1.29, 1.82) is 0 Å². The molecule has 0 spiro atoms. The van der Waals surface area contributed by atoms with Crippen LogP contribution in [0.15, 0.2) is 24.3 Å². The van der Waals surface area contributed by atoms with Crippen molar-refractivity contribution in [2.24, 2.45) is 0 Å². The van der Waals surface area contributed by atoms with E-state index in [2.05, 4.69) is 20.8 Å². The molecular weight excluding hydrogens is 264 g/mol. The summed E-state index contributed by atoms with van der Waals surface area (Å²) in [7, 11) is 0. The van der Waals surface area contributed by atoms with Gasteiger partial charge in [0, 0.05) is 6.04 Å². The summed E-state index contributed by atoms with van der Waals surface area (Å²) in [4.78, 5) is 4.73. The molecule has 0 radical (unpaired) electrons. The van der Waals surface area contributed by atoms with Gasteiger partial charge in [-0.25, -0.2) is 4.98 Å². The molecule has 4 rings (SSSR count). The van der Waals surface area contributed by atoms with Crippen LogP contribution in [0, 0.1) is 0 Å². The van der Waals surface area contributed by atoms with Gasteiger partial charge in [0.2, 0.25) is 5.65 Å². The zero-order valence-electron chi connectivity index (χ0n) is 11.9. The van der Waals surface area contributed by atoms with E-state index in [0.717, 1.165) is 16.9 Å². The van der Waals surface area contributed by atoms with Crippen LogP contribution >= 0.6 is 0 Å². The fourth-order valence-electron chi connectivity index (χ4n) is 3.12. The number of hydrogen-bond donors (Lipinski definition) is 1. The lowest BCUT2D eigenvalue weighted by Gasteiger charge is -2.17. The number of tetrazole rings is 1. The van der Waals surface area contributed by atoms with Crippen LogP contribution in [0.1, 0.15) is 38.5 Å². The Morgan fingerprint density at radius 1 is 1.05 bits per heavy atom. The maximum atomic E-state index is 4.73. The van der Waals surface area contributed by atoms with Gasteiger partial charge in [0.15, 0.2) is 5.82 Å². The van der Waals surface area contributed by atoms with Crippen molar-refractivity contribution in [1.82, 2.24) is 25.0 Å². The topological polar surface area (TPSA) is 68.0 Å². The summed E-state index contributed by atoms with van der Waals surface area (Å²) < 4.78 is 1.77. The number of fused-ring (bicyclic) bond motifs is 3. The highest BCUT2D eigenvalue weighted by Gasteiger charge is 2.16. The molecule has 0 saturated heterocycles. The number of nitrogens with zero attached hydrogens (tertiary/aromatic N) is 5. The second kappa shape index (κ2) is 5.27. The van der Waals surface area contributed by atoms with Gasteiger partial charge in [-0.15, -0.1) is 5.10 Å². The summed E-state index contributed by atoms with van der Waals surface area (Å²) in [5.74, 6) is 0.797. The molecule has 1 aliphatic rings. The molecule has 108 valence electrons. The fourth-order valence-corrected chi connectivity index (χ4v) is 3.12. The number of hydrogen-bond acceptors (Lipinski definition) is 5. The minimum Gasteiger partial charge on any atom is -0.364 e.